The van der Waals surface area contributed by atoms with Gasteiger partial charge < -0.3 is 0 Å². The minimum Gasteiger partial charge on any atom is -0.273 e. The number of benzene rings is 3. The van der Waals surface area contributed by atoms with E-state index in [-0.39, 0.29) is 10.8 Å². The van der Waals surface area contributed by atoms with E-state index in [0.717, 1.165) is 17.9 Å². The van der Waals surface area contributed by atoms with Crippen molar-refractivity contribution in [1.29, 1.82) is 0 Å². The molecule has 0 amide bonds. The average Bonchev–Trinajstić information content (AvgIpc) is 3.49. The Kier molecular flexibility index (Phi) is 9.48. The minimum absolute atomic E-state index is 0.177. The van der Waals surface area contributed by atoms with Crippen LogP contribution in [-0.2, 0) is 41.5 Å². The van der Waals surface area contributed by atoms with E-state index in [1.807, 2.05) is 36.4 Å². The summed E-state index contributed by atoms with van der Waals surface area (Å²) in [5, 5.41) is 0.811. The first kappa shape index (κ1) is 27.8. The molecule has 5 rings (SSSR count). The van der Waals surface area contributed by atoms with Crippen molar-refractivity contribution in [3.8, 4) is 11.1 Å². The number of hydrogen-bond acceptors (Lipinski definition) is 0. The van der Waals surface area contributed by atoms with Gasteiger partial charge in [-0.3, -0.25) is 6.08 Å². The third-order valence-corrected chi connectivity index (χ3v) is 7.18. The van der Waals surface area contributed by atoms with E-state index in [1.165, 1.54) is 63.2 Å². The summed E-state index contributed by atoms with van der Waals surface area (Å²) in [5.74, 6) is 0. The molecule has 0 aromatic heterocycles. The van der Waals surface area contributed by atoms with Crippen LogP contribution < -0.4 is 0 Å². The average molecular weight is 558 g/mol. The summed E-state index contributed by atoms with van der Waals surface area (Å²) >= 11 is 7.12. The van der Waals surface area contributed by atoms with Crippen LogP contribution in [0.2, 0.25) is 5.02 Å². The molecule has 2 aliphatic carbocycles. The van der Waals surface area contributed by atoms with Crippen LogP contribution in [0.5, 0.6) is 0 Å². The normalized spacial score (nSPS) is 13.3. The van der Waals surface area contributed by atoms with Gasteiger partial charge in [0.2, 0.25) is 0 Å². The van der Waals surface area contributed by atoms with Gasteiger partial charge in [0, 0.05) is 0 Å². The summed E-state index contributed by atoms with van der Waals surface area (Å²) in [6.07, 6.45) is 11.0. The standard InChI is InChI=1S/C21H25.C7H5Cl.C5H5.Zr/c1-20(2,3)16-9-7-14-11-15-8-10-17(21(4,5)6)13-19(15)18(14)12-16;1-6-3-2-4-7(8)5-6;1-2-4-5-3-1;/h7,9-10,12-13H,11H2,1-6H3;1-5H;1-3H,4H2;/q-1;;-1;+2. The largest absolute Gasteiger partial charge is 0.273 e. The van der Waals surface area contributed by atoms with Gasteiger partial charge >= 0.3 is 74.4 Å². The molecular weight excluding hydrogens is 523 g/mol. The van der Waals surface area contributed by atoms with Crippen molar-refractivity contribution in [2.45, 2.75) is 65.2 Å². The smallest absolute Gasteiger partial charge is 0.109 e. The van der Waals surface area contributed by atoms with Crippen LogP contribution in [-0.4, -0.2) is 3.71 Å². The van der Waals surface area contributed by atoms with Gasteiger partial charge in [0.1, 0.15) is 0 Å². The van der Waals surface area contributed by atoms with Gasteiger partial charge in [-0.15, -0.1) is 12.0 Å². The predicted octanol–water partition coefficient (Wildman–Crippen LogP) is 9.00. The molecule has 0 saturated heterocycles. The van der Waals surface area contributed by atoms with Crippen molar-refractivity contribution >= 4 is 15.3 Å². The van der Waals surface area contributed by atoms with E-state index < -0.39 is 0 Å². The molecular formula is C33H35ClZr. The first-order valence-electron chi connectivity index (χ1n) is 12.2. The van der Waals surface area contributed by atoms with E-state index in [1.54, 1.807) is 0 Å². The van der Waals surface area contributed by atoms with Crippen molar-refractivity contribution in [2.75, 3.05) is 0 Å². The summed E-state index contributed by atoms with van der Waals surface area (Å²) in [4.78, 5) is 0. The van der Waals surface area contributed by atoms with Crippen molar-refractivity contribution in [3.05, 3.63) is 118 Å². The molecule has 0 spiro atoms. The molecule has 35 heavy (non-hydrogen) atoms. The van der Waals surface area contributed by atoms with Crippen LogP contribution in [0, 0.1) is 12.1 Å². The molecule has 178 valence electrons. The maximum absolute atomic E-state index is 5.71. The Morgan fingerprint density at radius 1 is 0.886 bits per heavy atom. The minimum atomic E-state index is 0.177. The molecule has 0 nitrogen and oxygen atoms in total. The van der Waals surface area contributed by atoms with Gasteiger partial charge in [0.15, 0.2) is 0 Å². The predicted molar refractivity (Wildman–Crippen MR) is 149 cm³/mol. The van der Waals surface area contributed by atoms with Crippen molar-refractivity contribution in [1.82, 2.24) is 0 Å². The molecule has 0 atom stereocenters. The maximum Gasteiger partial charge on any atom is -0.109 e. The molecule has 0 radical (unpaired) electrons. The van der Waals surface area contributed by atoms with Crippen LogP contribution in [0.3, 0.4) is 0 Å². The SMILES string of the molecule is CC(C)(C)c1c[c-]c2c(c1)-c1cc(C(C)(C)C)ccc1C2.Clc1cccc([CH]=[Zr+2])c1.[C-]1=CC=CC1. The summed E-state index contributed by atoms with van der Waals surface area (Å²) in [6, 6.07) is 22.9. The second-order valence-corrected chi connectivity index (χ2v) is 12.2. The number of halogens is 1. The molecule has 0 aliphatic heterocycles. The van der Waals surface area contributed by atoms with Gasteiger partial charge in [-0.25, -0.2) is 12.2 Å². The van der Waals surface area contributed by atoms with Gasteiger partial charge in [-0.05, 0) is 17.4 Å². The van der Waals surface area contributed by atoms with Gasteiger partial charge in [-0.1, -0.05) is 76.3 Å². The first-order chi connectivity index (χ1) is 16.5. The zero-order valence-electron chi connectivity index (χ0n) is 21.8. The van der Waals surface area contributed by atoms with Crippen LogP contribution in [0.15, 0.2) is 72.8 Å². The second-order valence-electron chi connectivity index (χ2n) is 11.0. The van der Waals surface area contributed by atoms with Gasteiger partial charge in [-0.2, -0.15) is 35.4 Å². The Bertz CT molecular complexity index is 1160. The Hall–Kier alpha value is -1.82. The van der Waals surface area contributed by atoms with E-state index >= 15 is 0 Å². The first-order valence-corrected chi connectivity index (χ1v) is 14.0. The summed E-state index contributed by atoms with van der Waals surface area (Å²) in [5.41, 5.74) is 9.97. The summed E-state index contributed by atoms with van der Waals surface area (Å²) < 4.78 is 2.11. The maximum atomic E-state index is 5.71. The molecule has 2 heteroatoms. The third kappa shape index (κ3) is 7.83. The van der Waals surface area contributed by atoms with Crippen LogP contribution >= 0.6 is 11.6 Å². The van der Waals surface area contributed by atoms with E-state index in [2.05, 4.69) is 93.8 Å². The quantitative estimate of drug-likeness (QED) is 0.205. The molecule has 0 saturated carbocycles. The fraction of sp³-hybridized carbons (Fsp3) is 0.303. The number of hydrogen-bond donors (Lipinski definition) is 0. The molecule has 0 unspecified atom stereocenters. The number of allylic oxidation sites excluding steroid dienone is 4. The Morgan fingerprint density at radius 3 is 2.11 bits per heavy atom. The number of fused-ring (bicyclic) bond motifs is 3. The molecule has 2 aliphatic rings. The van der Waals surface area contributed by atoms with Crippen LogP contribution in [0.1, 0.15) is 75.8 Å². The van der Waals surface area contributed by atoms with E-state index in [0.29, 0.717) is 0 Å². The fourth-order valence-corrected chi connectivity index (χ4v) is 4.56. The molecule has 0 heterocycles. The van der Waals surface area contributed by atoms with Crippen molar-refractivity contribution < 1.29 is 24.2 Å². The van der Waals surface area contributed by atoms with E-state index in [4.69, 9.17) is 11.6 Å². The third-order valence-electron chi connectivity index (χ3n) is 6.13. The van der Waals surface area contributed by atoms with E-state index in [9.17, 15) is 0 Å². The number of rotatable bonds is 1. The molecule has 3 aromatic rings. The summed E-state index contributed by atoms with van der Waals surface area (Å²) in [7, 11) is 0. The van der Waals surface area contributed by atoms with Crippen molar-refractivity contribution in [3.63, 3.8) is 0 Å². The van der Waals surface area contributed by atoms with Gasteiger partial charge in [0.25, 0.3) is 0 Å². The Balaban J connectivity index is 0.000000199. The van der Waals surface area contributed by atoms with Crippen molar-refractivity contribution in [2.24, 2.45) is 0 Å². The zero-order chi connectivity index (χ0) is 25.6. The molecule has 0 bridgehead atoms. The monoisotopic (exact) mass is 556 g/mol. The topological polar surface area (TPSA) is 0 Å². The summed E-state index contributed by atoms with van der Waals surface area (Å²) in [6.45, 7) is 13.6. The van der Waals surface area contributed by atoms with Crippen LogP contribution in [0.25, 0.3) is 11.1 Å². The molecule has 0 N–H and O–H groups in total. The van der Waals surface area contributed by atoms with Gasteiger partial charge in [0.05, 0.1) is 0 Å². The second kappa shape index (κ2) is 11.9. The Labute approximate surface area is 232 Å². The zero-order valence-corrected chi connectivity index (χ0v) is 25.0. The van der Waals surface area contributed by atoms with Crippen LogP contribution in [0.4, 0.5) is 0 Å². The Morgan fingerprint density at radius 2 is 1.60 bits per heavy atom. The molecule has 0 fully saturated rings. The fourth-order valence-electron chi connectivity index (χ4n) is 3.92. The molecule has 3 aromatic carbocycles.